The standard InChI is InChI=1S/C29H28ClFN4O3/c1-16-17(2)32-28-27(22-8-7-20(30)13-23(22)31)33-24(15-35(28)29(16)37)18-10-11-38-25(12-18)19-6-9-26(36)34(14-19)21-4-3-5-21/h6-9,13-15,18,21,25H,3-5,10-12H2,1-2H3/t18-,25+/m0/s1. The Kier molecular flexibility index (Phi) is 6.40. The van der Waals surface area contributed by atoms with Crippen LogP contribution in [0.3, 0.4) is 0 Å². The molecule has 3 aromatic heterocycles. The van der Waals surface area contributed by atoms with Crippen molar-refractivity contribution in [2.24, 2.45) is 0 Å². The van der Waals surface area contributed by atoms with Gasteiger partial charge < -0.3 is 9.30 Å². The van der Waals surface area contributed by atoms with E-state index in [1.807, 2.05) is 16.8 Å². The van der Waals surface area contributed by atoms with Crippen LogP contribution in [0.1, 0.15) is 72.7 Å². The number of aryl methyl sites for hydroxylation is 1. The molecule has 0 unspecified atom stereocenters. The number of rotatable bonds is 4. The fourth-order valence-electron chi connectivity index (χ4n) is 5.37. The van der Waals surface area contributed by atoms with E-state index < -0.39 is 5.82 Å². The van der Waals surface area contributed by atoms with Gasteiger partial charge in [-0.05, 0) is 75.8 Å². The van der Waals surface area contributed by atoms with E-state index in [0.29, 0.717) is 47.7 Å². The molecule has 1 saturated heterocycles. The third-order valence-corrected chi connectivity index (χ3v) is 8.22. The second-order valence-electron chi connectivity index (χ2n) is 10.3. The van der Waals surface area contributed by atoms with Crippen LogP contribution in [0.5, 0.6) is 0 Å². The Morgan fingerprint density at radius 2 is 1.87 bits per heavy atom. The predicted octanol–water partition coefficient (Wildman–Crippen LogP) is 5.69. The van der Waals surface area contributed by atoms with Gasteiger partial charge in [0.05, 0.1) is 11.8 Å². The summed E-state index contributed by atoms with van der Waals surface area (Å²) in [6.07, 6.45) is 7.95. The largest absolute Gasteiger partial charge is 0.373 e. The van der Waals surface area contributed by atoms with Gasteiger partial charge in [-0.3, -0.25) is 14.0 Å². The van der Waals surface area contributed by atoms with Crippen LogP contribution in [-0.2, 0) is 4.74 Å². The molecule has 0 spiro atoms. The molecule has 1 aliphatic carbocycles. The molecule has 196 valence electrons. The average Bonchev–Trinajstić information content (AvgIpc) is 2.87. The van der Waals surface area contributed by atoms with Gasteiger partial charge in [0.1, 0.15) is 11.5 Å². The van der Waals surface area contributed by atoms with Gasteiger partial charge in [-0.1, -0.05) is 11.6 Å². The molecule has 4 aromatic rings. The number of benzene rings is 1. The summed E-state index contributed by atoms with van der Waals surface area (Å²) >= 11 is 6.01. The van der Waals surface area contributed by atoms with E-state index in [2.05, 4.69) is 4.98 Å². The van der Waals surface area contributed by atoms with Gasteiger partial charge in [0.25, 0.3) is 11.1 Å². The molecule has 1 saturated carbocycles. The number of pyridine rings is 1. The first-order valence-electron chi connectivity index (χ1n) is 13.0. The Labute approximate surface area is 223 Å². The predicted molar refractivity (Wildman–Crippen MR) is 143 cm³/mol. The first kappa shape index (κ1) is 24.9. The Hall–Kier alpha value is -3.36. The summed E-state index contributed by atoms with van der Waals surface area (Å²) in [7, 11) is 0. The van der Waals surface area contributed by atoms with Gasteiger partial charge in [-0.25, -0.2) is 14.4 Å². The third kappa shape index (κ3) is 4.35. The molecule has 2 fully saturated rings. The minimum absolute atomic E-state index is 0.00850. The quantitative estimate of drug-likeness (QED) is 0.336. The second-order valence-corrected chi connectivity index (χ2v) is 10.8. The zero-order valence-corrected chi connectivity index (χ0v) is 22.0. The van der Waals surface area contributed by atoms with Crippen molar-refractivity contribution >= 4 is 17.2 Å². The molecule has 4 heterocycles. The molecular formula is C29H28ClFN4O3. The fraction of sp³-hybridized carbons (Fsp3) is 0.379. The normalized spacial score (nSPS) is 20.0. The van der Waals surface area contributed by atoms with E-state index in [1.165, 1.54) is 10.5 Å². The fourth-order valence-corrected chi connectivity index (χ4v) is 5.53. The Morgan fingerprint density at radius 1 is 1.05 bits per heavy atom. The number of halogens is 2. The number of fused-ring (bicyclic) bond motifs is 1. The minimum atomic E-state index is -0.528. The van der Waals surface area contributed by atoms with E-state index in [0.717, 1.165) is 24.8 Å². The molecule has 0 amide bonds. The van der Waals surface area contributed by atoms with Crippen molar-refractivity contribution in [3.63, 3.8) is 0 Å². The van der Waals surface area contributed by atoms with Crippen LogP contribution >= 0.6 is 11.6 Å². The van der Waals surface area contributed by atoms with Gasteiger partial charge >= 0.3 is 0 Å². The summed E-state index contributed by atoms with van der Waals surface area (Å²) in [5.41, 5.74) is 3.39. The molecule has 7 nitrogen and oxygen atoms in total. The maximum Gasteiger partial charge on any atom is 0.261 e. The molecular weight excluding hydrogens is 507 g/mol. The van der Waals surface area contributed by atoms with Crippen LogP contribution in [0, 0.1) is 19.7 Å². The van der Waals surface area contributed by atoms with Gasteiger partial charge in [-0.15, -0.1) is 0 Å². The lowest BCUT2D eigenvalue weighted by Crippen LogP contribution is -2.29. The lowest BCUT2D eigenvalue weighted by molar-refractivity contribution is 0.00403. The Balaban J connectivity index is 1.44. The smallest absolute Gasteiger partial charge is 0.261 e. The van der Waals surface area contributed by atoms with E-state index in [1.54, 1.807) is 38.2 Å². The van der Waals surface area contributed by atoms with Crippen molar-refractivity contribution in [3.8, 4) is 11.3 Å². The number of nitrogens with zero attached hydrogens (tertiary/aromatic N) is 4. The Bertz CT molecular complexity index is 1680. The van der Waals surface area contributed by atoms with Gasteiger partial charge in [0, 0.05) is 58.9 Å². The second kappa shape index (κ2) is 9.75. The van der Waals surface area contributed by atoms with Crippen molar-refractivity contribution in [2.75, 3.05) is 6.61 Å². The molecule has 1 aromatic carbocycles. The van der Waals surface area contributed by atoms with Crippen molar-refractivity contribution in [2.45, 2.75) is 64.0 Å². The van der Waals surface area contributed by atoms with Crippen molar-refractivity contribution in [1.82, 2.24) is 18.9 Å². The van der Waals surface area contributed by atoms with Gasteiger partial charge in [0.15, 0.2) is 5.65 Å². The molecule has 0 bridgehead atoms. The average molecular weight is 535 g/mol. The Morgan fingerprint density at radius 3 is 2.61 bits per heavy atom. The first-order valence-corrected chi connectivity index (χ1v) is 13.4. The SMILES string of the molecule is Cc1nc2c(-c3ccc(Cl)cc3F)nc([C@H]3CCO[C@@H](c4ccc(=O)n(C5CCC5)c4)C3)cn2c(=O)c1C. The van der Waals surface area contributed by atoms with Gasteiger partial charge in [0.2, 0.25) is 0 Å². The first-order chi connectivity index (χ1) is 18.3. The maximum absolute atomic E-state index is 15.1. The molecule has 6 rings (SSSR count). The molecule has 38 heavy (non-hydrogen) atoms. The molecule has 2 aliphatic rings. The maximum atomic E-state index is 15.1. The number of hydrogen-bond acceptors (Lipinski definition) is 5. The monoisotopic (exact) mass is 534 g/mol. The summed E-state index contributed by atoms with van der Waals surface area (Å²) in [4.78, 5) is 35.2. The number of hydrogen-bond donors (Lipinski definition) is 0. The van der Waals surface area contributed by atoms with Crippen LogP contribution < -0.4 is 11.1 Å². The van der Waals surface area contributed by atoms with Crippen LogP contribution in [0.25, 0.3) is 16.9 Å². The zero-order valence-electron chi connectivity index (χ0n) is 21.3. The third-order valence-electron chi connectivity index (χ3n) is 7.99. The van der Waals surface area contributed by atoms with Crippen molar-refractivity contribution in [3.05, 3.63) is 96.8 Å². The topological polar surface area (TPSA) is 78.5 Å². The van der Waals surface area contributed by atoms with Crippen molar-refractivity contribution < 1.29 is 9.13 Å². The van der Waals surface area contributed by atoms with E-state index in [-0.39, 0.29) is 39.8 Å². The molecule has 1 aliphatic heterocycles. The highest BCUT2D eigenvalue weighted by Crippen LogP contribution is 2.39. The highest BCUT2D eigenvalue weighted by Gasteiger charge is 2.29. The minimum Gasteiger partial charge on any atom is -0.373 e. The van der Waals surface area contributed by atoms with E-state index in [4.69, 9.17) is 21.3 Å². The van der Waals surface area contributed by atoms with Crippen molar-refractivity contribution in [1.29, 1.82) is 0 Å². The van der Waals surface area contributed by atoms with Crippen LogP contribution in [-0.4, -0.2) is 25.5 Å². The summed E-state index contributed by atoms with van der Waals surface area (Å²) in [6, 6.07) is 8.13. The molecule has 2 atom stereocenters. The van der Waals surface area contributed by atoms with E-state index in [9.17, 15) is 9.59 Å². The van der Waals surface area contributed by atoms with Crippen LogP contribution in [0.2, 0.25) is 5.02 Å². The highest BCUT2D eigenvalue weighted by atomic mass is 35.5. The highest BCUT2D eigenvalue weighted by molar-refractivity contribution is 6.30. The zero-order chi connectivity index (χ0) is 26.6. The summed E-state index contributed by atoms with van der Waals surface area (Å²) in [6.45, 7) is 4.00. The summed E-state index contributed by atoms with van der Waals surface area (Å²) < 4.78 is 24.5. The number of aromatic nitrogens is 4. The van der Waals surface area contributed by atoms with E-state index >= 15 is 4.39 Å². The van der Waals surface area contributed by atoms with Crippen LogP contribution in [0.15, 0.2) is 52.3 Å². The van der Waals surface area contributed by atoms with Gasteiger partial charge in [-0.2, -0.15) is 0 Å². The lowest BCUT2D eigenvalue weighted by atomic mass is 9.89. The summed E-state index contributed by atoms with van der Waals surface area (Å²) in [5.74, 6) is -0.565. The molecule has 9 heteroatoms. The lowest BCUT2D eigenvalue weighted by Gasteiger charge is -2.32. The molecule has 0 N–H and O–H groups in total. The van der Waals surface area contributed by atoms with Crippen LogP contribution in [0.4, 0.5) is 4.39 Å². The molecule has 0 radical (unpaired) electrons. The summed E-state index contributed by atoms with van der Waals surface area (Å²) in [5, 5.41) is 0.277. The number of ether oxygens (including phenoxy) is 1.